The van der Waals surface area contributed by atoms with Gasteiger partial charge in [0.05, 0.1) is 18.8 Å². The molecule has 0 saturated carbocycles. The number of nitrogen functional groups attached to an aromatic ring is 1. The van der Waals surface area contributed by atoms with Crippen LogP contribution in [-0.2, 0) is 11.3 Å². The highest BCUT2D eigenvalue weighted by Gasteiger charge is 2.19. The number of hydrogen-bond acceptors (Lipinski definition) is 6. The van der Waals surface area contributed by atoms with E-state index >= 15 is 0 Å². The lowest BCUT2D eigenvalue weighted by Crippen LogP contribution is -2.49. The summed E-state index contributed by atoms with van der Waals surface area (Å²) in [7, 11) is 1.47. The number of amidine groups is 1. The molecule has 40 heavy (non-hydrogen) atoms. The van der Waals surface area contributed by atoms with Crippen molar-refractivity contribution in [2.24, 2.45) is 25.7 Å². The maximum absolute atomic E-state index is 14.0. The number of nitrogens with one attached hydrogen (secondary N) is 2. The number of alkyl halides is 2. The molecule has 11 nitrogen and oxygen atoms in total. The molecule has 0 heterocycles. The number of nitrogens with two attached hydrogens (primary N) is 2. The molecule has 0 fully saturated rings. The van der Waals surface area contributed by atoms with Crippen LogP contribution in [0.4, 0.5) is 33.7 Å². The van der Waals surface area contributed by atoms with E-state index in [-0.39, 0.29) is 53.8 Å². The van der Waals surface area contributed by atoms with Gasteiger partial charge in [0.25, 0.3) is 6.43 Å². The Morgan fingerprint density at radius 2 is 1.88 bits per heavy atom. The summed E-state index contributed by atoms with van der Waals surface area (Å²) in [5.41, 5.74) is 13.4. The molecule has 214 valence electrons. The standard InChI is InChI=1S/C25H29F4N9O2/c1-14-5-19(30)17(8-33-9-21(27)28)7-20(14)36-24(35-13-39)37-25(40)38(11-22(31)34-12-32-3)10-16-4-15(2)23(29)18(26)6-16/h4-8,12-13,21H,9-11,30H2,1-3H3,(H2,31,32,34)(H2,35,36,37,39,40). The second-order valence-electron chi connectivity index (χ2n) is 8.36. The van der Waals surface area contributed by atoms with Crippen LogP contribution in [0.2, 0.25) is 0 Å². The summed E-state index contributed by atoms with van der Waals surface area (Å²) in [6.45, 7) is 1.84. The van der Waals surface area contributed by atoms with E-state index in [9.17, 15) is 27.2 Å². The van der Waals surface area contributed by atoms with Crippen LogP contribution in [0.15, 0.2) is 44.2 Å². The highest BCUT2D eigenvalue weighted by atomic mass is 19.3. The Kier molecular flexibility index (Phi) is 11.7. The minimum absolute atomic E-state index is 0.0241. The minimum atomic E-state index is -2.63. The number of benzene rings is 2. The molecule has 0 aliphatic carbocycles. The molecule has 0 unspecified atom stereocenters. The molecule has 2 aromatic rings. The molecule has 0 saturated heterocycles. The van der Waals surface area contributed by atoms with Crippen LogP contribution in [-0.4, -0.2) is 68.3 Å². The number of rotatable bonds is 10. The summed E-state index contributed by atoms with van der Waals surface area (Å²) in [5, 5.41) is 4.69. The molecule has 0 aromatic heterocycles. The molecule has 0 atom stereocenters. The number of nitrogens with zero attached hydrogens (tertiary/aromatic N) is 5. The zero-order valence-corrected chi connectivity index (χ0v) is 22.0. The monoisotopic (exact) mass is 563 g/mol. The number of amides is 3. The first kappa shape index (κ1) is 31.4. The van der Waals surface area contributed by atoms with Gasteiger partial charge in [-0.25, -0.2) is 32.3 Å². The number of anilines is 1. The summed E-state index contributed by atoms with van der Waals surface area (Å²) < 4.78 is 52.7. The maximum Gasteiger partial charge on any atom is 0.324 e. The van der Waals surface area contributed by atoms with E-state index in [1.54, 1.807) is 6.92 Å². The van der Waals surface area contributed by atoms with Crippen molar-refractivity contribution < 1.29 is 27.2 Å². The Morgan fingerprint density at radius 1 is 1.15 bits per heavy atom. The van der Waals surface area contributed by atoms with Gasteiger partial charge in [-0.15, -0.1) is 0 Å². The van der Waals surface area contributed by atoms with Gasteiger partial charge in [0, 0.05) is 31.1 Å². The topological polar surface area (TPSA) is 163 Å². The normalized spacial score (nSPS) is 12.4. The first-order valence-electron chi connectivity index (χ1n) is 11.6. The van der Waals surface area contributed by atoms with E-state index in [4.69, 9.17) is 11.5 Å². The zero-order valence-electron chi connectivity index (χ0n) is 22.0. The number of carbonyl (C=O) groups is 2. The highest BCUT2D eigenvalue weighted by Crippen LogP contribution is 2.24. The van der Waals surface area contributed by atoms with Gasteiger partial charge in [-0.1, -0.05) is 6.07 Å². The number of carbonyl (C=O) groups excluding carboxylic acids is 2. The van der Waals surface area contributed by atoms with Crippen molar-refractivity contribution in [3.05, 3.63) is 58.2 Å². The fourth-order valence-corrected chi connectivity index (χ4v) is 3.33. The van der Waals surface area contributed by atoms with Gasteiger partial charge in [0.2, 0.25) is 12.4 Å². The molecular weight excluding hydrogens is 534 g/mol. The van der Waals surface area contributed by atoms with Gasteiger partial charge in [-0.05, 0) is 48.7 Å². The van der Waals surface area contributed by atoms with Crippen LogP contribution in [0, 0.1) is 25.5 Å². The van der Waals surface area contributed by atoms with E-state index in [0.717, 1.165) is 11.0 Å². The van der Waals surface area contributed by atoms with Crippen LogP contribution in [0.5, 0.6) is 0 Å². The summed E-state index contributed by atoms with van der Waals surface area (Å²) in [4.78, 5) is 41.1. The maximum atomic E-state index is 14.0. The highest BCUT2D eigenvalue weighted by molar-refractivity contribution is 6.02. The van der Waals surface area contributed by atoms with E-state index in [1.807, 2.05) is 0 Å². The second kappa shape index (κ2) is 14.9. The van der Waals surface area contributed by atoms with Crippen molar-refractivity contribution in [3.63, 3.8) is 0 Å². The number of halogens is 4. The Balaban J connectivity index is 2.42. The first-order chi connectivity index (χ1) is 18.9. The van der Waals surface area contributed by atoms with E-state index in [0.29, 0.717) is 11.1 Å². The molecule has 2 aromatic carbocycles. The SMILES string of the molecule is CN=CN=C(N)CN(Cc1cc(C)c(F)c(F)c1)C(=O)NC(=Nc1cc(C=NCC(F)F)c(N)cc1C)NC=O. The van der Waals surface area contributed by atoms with Crippen LogP contribution >= 0.6 is 0 Å². The Labute approximate surface area is 227 Å². The van der Waals surface area contributed by atoms with Gasteiger partial charge in [0.15, 0.2) is 11.6 Å². The van der Waals surface area contributed by atoms with Crippen LogP contribution in [0.25, 0.3) is 0 Å². The molecule has 0 radical (unpaired) electrons. The summed E-state index contributed by atoms with van der Waals surface area (Å²) in [6, 6.07) is 4.44. The zero-order chi connectivity index (χ0) is 29.8. The lowest BCUT2D eigenvalue weighted by Gasteiger charge is -2.23. The van der Waals surface area contributed by atoms with Gasteiger partial charge in [-0.3, -0.25) is 25.4 Å². The fourth-order valence-electron chi connectivity index (χ4n) is 3.33. The van der Waals surface area contributed by atoms with E-state index in [1.165, 1.54) is 44.7 Å². The van der Waals surface area contributed by atoms with Crippen molar-refractivity contribution in [2.75, 3.05) is 25.9 Å². The quantitative estimate of drug-likeness (QED) is 0.115. The number of aryl methyl sites for hydroxylation is 2. The second-order valence-corrected chi connectivity index (χ2v) is 8.36. The van der Waals surface area contributed by atoms with Crippen molar-refractivity contribution in [3.8, 4) is 0 Å². The van der Waals surface area contributed by atoms with E-state index in [2.05, 4.69) is 30.6 Å². The average molecular weight is 564 g/mol. The summed E-state index contributed by atoms with van der Waals surface area (Å²) >= 11 is 0. The third-order valence-corrected chi connectivity index (χ3v) is 5.15. The third-order valence-electron chi connectivity index (χ3n) is 5.15. The molecule has 0 spiro atoms. The summed E-state index contributed by atoms with van der Waals surface area (Å²) in [6.07, 6.45) is -0.0305. The molecule has 0 aliphatic heterocycles. The third kappa shape index (κ3) is 9.49. The average Bonchev–Trinajstić information content (AvgIpc) is 2.88. The smallest absolute Gasteiger partial charge is 0.324 e. The summed E-state index contributed by atoms with van der Waals surface area (Å²) in [5.74, 6) is -2.43. The number of urea groups is 1. The lowest BCUT2D eigenvalue weighted by molar-refractivity contribution is -0.108. The number of hydrogen-bond donors (Lipinski definition) is 4. The van der Waals surface area contributed by atoms with Gasteiger partial charge in [0.1, 0.15) is 12.2 Å². The lowest BCUT2D eigenvalue weighted by atomic mass is 10.1. The number of guanidine groups is 1. The molecule has 15 heteroatoms. The largest absolute Gasteiger partial charge is 0.398 e. The Bertz CT molecular complexity index is 1320. The fraction of sp³-hybridized carbons (Fsp3) is 0.280. The van der Waals surface area contributed by atoms with Crippen LogP contribution < -0.4 is 22.1 Å². The number of aliphatic imine (C=N–C) groups is 4. The van der Waals surface area contributed by atoms with Crippen molar-refractivity contribution in [1.82, 2.24) is 15.5 Å². The van der Waals surface area contributed by atoms with Gasteiger partial charge in [-0.2, -0.15) is 0 Å². The predicted molar refractivity (Wildman–Crippen MR) is 146 cm³/mol. The predicted octanol–water partition coefficient (Wildman–Crippen LogP) is 2.81. The Hall–Kier alpha value is -4.82. The molecule has 6 N–H and O–H groups in total. The van der Waals surface area contributed by atoms with Crippen molar-refractivity contribution >= 4 is 48.2 Å². The van der Waals surface area contributed by atoms with Crippen LogP contribution in [0.1, 0.15) is 22.3 Å². The molecular formula is C25H29F4N9O2. The minimum Gasteiger partial charge on any atom is -0.398 e. The first-order valence-corrected chi connectivity index (χ1v) is 11.6. The Morgan fingerprint density at radius 3 is 2.50 bits per heavy atom. The van der Waals surface area contributed by atoms with Crippen LogP contribution in [0.3, 0.4) is 0 Å². The molecule has 2 rings (SSSR count). The van der Waals surface area contributed by atoms with E-state index < -0.39 is 30.6 Å². The molecule has 3 amide bonds. The van der Waals surface area contributed by atoms with Crippen molar-refractivity contribution in [1.29, 1.82) is 0 Å². The van der Waals surface area contributed by atoms with Gasteiger partial charge < -0.3 is 16.4 Å². The molecule has 0 aliphatic rings. The molecule has 0 bridgehead atoms. The van der Waals surface area contributed by atoms with Gasteiger partial charge >= 0.3 is 6.03 Å². The van der Waals surface area contributed by atoms with Crippen molar-refractivity contribution in [2.45, 2.75) is 26.8 Å².